The van der Waals surface area contributed by atoms with Gasteiger partial charge in [-0.2, -0.15) is 0 Å². The number of hydrogen-bond acceptors (Lipinski definition) is 5. The van der Waals surface area contributed by atoms with Crippen molar-refractivity contribution in [3.63, 3.8) is 0 Å². The number of esters is 1. The fraction of sp³-hybridized carbons (Fsp3) is 0.318. The van der Waals surface area contributed by atoms with Crippen LogP contribution >= 0.6 is 11.8 Å². The highest BCUT2D eigenvalue weighted by molar-refractivity contribution is 8.00. The van der Waals surface area contributed by atoms with Crippen LogP contribution in [0.2, 0.25) is 0 Å². The molecule has 2 aromatic carbocycles. The summed E-state index contributed by atoms with van der Waals surface area (Å²) in [6, 6.07) is 12.7. The predicted octanol–water partition coefficient (Wildman–Crippen LogP) is 3.40. The third-order valence-electron chi connectivity index (χ3n) is 4.71. The molecule has 3 rings (SSSR count). The predicted molar refractivity (Wildman–Crippen MR) is 109 cm³/mol. The molecule has 0 radical (unpaired) electrons. The molecule has 28 heavy (non-hydrogen) atoms. The number of fused-ring (bicyclic) bond motifs is 1. The van der Waals surface area contributed by atoms with Crippen LogP contribution in [0.25, 0.3) is 0 Å². The van der Waals surface area contributed by atoms with Crippen LogP contribution in [-0.4, -0.2) is 49.0 Å². The summed E-state index contributed by atoms with van der Waals surface area (Å²) in [6.45, 7) is -0.298. The van der Waals surface area contributed by atoms with E-state index in [1.807, 2.05) is 12.1 Å². The molecule has 5 nitrogen and oxygen atoms in total. The lowest BCUT2D eigenvalue weighted by Crippen LogP contribution is -2.23. The van der Waals surface area contributed by atoms with Crippen LogP contribution in [0.5, 0.6) is 0 Å². The van der Waals surface area contributed by atoms with E-state index in [-0.39, 0.29) is 24.1 Å². The molecule has 0 N–H and O–H groups in total. The summed E-state index contributed by atoms with van der Waals surface area (Å²) < 4.78 is 5.26. The molecule has 1 aliphatic rings. The van der Waals surface area contributed by atoms with E-state index in [1.165, 1.54) is 27.8 Å². The van der Waals surface area contributed by atoms with Gasteiger partial charge < -0.3 is 9.64 Å². The number of carbonyl (C=O) groups is 3. The molecular formula is C22H23NO4S. The van der Waals surface area contributed by atoms with Gasteiger partial charge in [0, 0.05) is 24.6 Å². The van der Waals surface area contributed by atoms with Crippen molar-refractivity contribution in [2.24, 2.45) is 0 Å². The van der Waals surface area contributed by atoms with Gasteiger partial charge in [-0.3, -0.25) is 9.59 Å². The first-order chi connectivity index (χ1) is 13.5. The maximum absolute atomic E-state index is 12.5. The van der Waals surface area contributed by atoms with Crippen LogP contribution in [0.3, 0.4) is 0 Å². The monoisotopic (exact) mass is 397 g/mol. The van der Waals surface area contributed by atoms with Crippen LogP contribution in [0.4, 0.5) is 0 Å². The van der Waals surface area contributed by atoms with E-state index in [4.69, 9.17) is 4.74 Å². The van der Waals surface area contributed by atoms with Gasteiger partial charge in [0.25, 0.3) is 0 Å². The summed E-state index contributed by atoms with van der Waals surface area (Å²) in [5, 5.41) is 0. The molecule has 0 aromatic heterocycles. The van der Waals surface area contributed by atoms with Crippen LogP contribution in [0.1, 0.15) is 38.3 Å². The summed E-state index contributed by atoms with van der Waals surface area (Å²) in [5.41, 5.74) is 3.45. The number of hydrogen-bond donors (Lipinski definition) is 0. The Bertz CT molecular complexity index is 907. The lowest BCUT2D eigenvalue weighted by atomic mass is 10.0. The van der Waals surface area contributed by atoms with E-state index >= 15 is 0 Å². The Morgan fingerprint density at radius 2 is 1.79 bits per heavy atom. The number of Topliss-reactive ketones (excluding diaryl/α,β-unsaturated/α-hetero) is 1. The number of aryl methyl sites for hydroxylation is 2. The second kappa shape index (κ2) is 9.06. The highest BCUT2D eigenvalue weighted by atomic mass is 32.2. The molecule has 0 aliphatic heterocycles. The van der Waals surface area contributed by atoms with Gasteiger partial charge in [-0.1, -0.05) is 24.3 Å². The maximum atomic E-state index is 12.5. The second-order valence-corrected chi connectivity index (χ2v) is 7.93. The number of nitrogens with zero attached hydrogens (tertiary/aromatic N) is 1. The first-order valence-corrected chi connectivity index (χ1v) is 10.2. The number of ketones is 1. The van der Waals surface area contributed by atoms with E-state index in [0.717, 1.165) is 19.3 Å². The molecule has 6 heteroatoms. The number of amides is 1. The standard InChI is InChI=1S/C22H23NO4S/c1-23(2)21(25)14-28-20-9-4-3-8-18(20)22(26)27-13-19(24)17-11-10-15-6-5-7-16(15)12-17/h3-4,8-12H,5-7,13-14H2,1-2H3. The molecule has 0 bridgehead atoms. The van der Waals surface area contributed by atoms with Crippen molar-refractivity contribution in [2.75, 3.05) is 26.5 Å². The highest BCUT2D eigenvalue weighted by Gasteiger charge is 2.18. The normalized spacial score (nSPS) is 12.4. The topological polar surface area (TPSA) is 63.7 Å². The molecule has 0 saturated carbocycles. The van der Waals surface area contributed by atoms with Gasteiger partial charge in [0.05, 0.1) is 11.3 Å². The van der Waals surface area contributed by atoms with E-state index < -0.39 is 5.97 Å². The number of rotatable bonds is 7. The fourth-order valence-corrected chi connectivity index (χ4v) is 4.09. The van der Waals surface area contributed by atoms with Crippen molar-refractivity contribution in [1.29, 1.82) is 0 Å². The van der Waals surface area contributed by atoms with Gasteiger partial charge in [0.2, 0.25) is 5.91 Å². The summed E-state index contributed by atoms with van der Waals surface area (Å²) in [5.74, 6) is -0.587. The van der Waals surface area contributed by atoms with Crippen molar-refractivity contribution in [2.45, 2.75) is 24.2 Å². The quantitative estimate of drug-likeness (QED) is 0.407. The van der Waals surface area contributed by atoms with Crippen LogP contribution in [0, 0.1) is 0 Å². The van der Waals surface area contributed by atoms with Crippen LogP contribution < -0.4 is 0 Å². The van der Waals surface area contributed by atoms with Gasteiger partial charge in [0.1, 0.15) is 0 Å². The number of ether oxygens (including phenoxy) is 1. The molecule has 0 saturated heterocycles. The Morgan fingerprint density at radius 1 is 1.04 bits per heavy atom. The minimum absolute atomic E-state index is 0.0417. The first-order valence-electron chi connectivity index (χ1n) is 9.20. The minimum Gasteiger partial charge on any atom is -0.454 e. The molecule has 0 heterocycles. The zero-order valence-electron chi connectivity index (χ0n) is 16.1. The molecule has 146 valence electrons. The zero-order chi connectivity index (χ0) is 20.1. The summed E-state index contributed by atoms with van der Waals surface area (Å²) in [6.07, 6.45) is 3.17. The molecule has 1 amide bonds. The maximum Gasteiger partial charge on any atom is 0.339 e. The van der Waals surface area contributed by atoms with Gasteiger partial charge >= 0.3 is 5.97 Å². The molecular weight excluding hydrogens is 374 g/mol. The van der Waals surface area contributed by atoms with E-state index in [9.17, 15) is 14.4 Å². The van der Waals surface area contributed by atoms with E-state index in [0.29, 0.717) is 16.0 Å². The van der Waals surface area contributed by atoms with E-state index in [1.54, 1.807) is 44.4 Å². The van der Waals surface area contributed by atoms with Gasteiger partial charge in [-0.25, -0.2) is 4.79 Å². The third-order valence-corrected chi connectivity index (χ3v) is 5.77. The number of carbonyl (C=O) groups excluding carboxylic acids is 3. The van der Waals surface area contributed by atoms with Crippen molar-refractivity contribution in [3.8, 4) is 0 Å². The van der Waals surface area contributed by atoms with Gasteiger partial charge in [-0.15, -0.1) is 11.8 Å². The Balaban J connectivity index is 1.62. The van der Waals surface area contributed by atoms with Crippen molar-refractivity contribution in [1.82, 2.24) is 4.90 Å². The summed E-state index contributed by atoms with van der Waals surface area (Å²) in [7, 11) is 3.38. The van der Waals surface area contributed by atoms with Gasteiger partial charge in [-0.05, 0) is 48.6 Å². The second-order valence-electron chi connectivity index (χ2n) is 6.91. The van der Waals surface area contributed by atoms with Gasteiger partial charge in [0.15, 0.2) is 12.4 Å². The minimum atomic E-state index is -0.560. The first kappa shape index (κ1) is 20.1. The molecule has 2 aromatic rings. The average molecular weight is 397 g/mol. The van der Waals surface area contributed by atoms with Crippen molar-refractivity contribution in [3.05, 3.63) is 64.7 Å². The molecule has 0 spiro atoms. The Morgan fingerprint density at radius 3 is 2.57 bits per heavy atom. The average Bonchev–Trinajstić information content (AvgIpc) is 3.17. The Labute approximate surface area is 169 Å². The van der Waals surface area contributed by atoms with Crippen molar-refractivity contribution >= 4 is 29.4 Å². The summed E-state index contributed by atoms with van der Waals surface area (Å²) in [4.78, 5) is 38.9. The molecule has 0 fully saturated rings. The number of thioether (sulfide) groups is 1. The highest BCUT2D eigenvalue weighted by Crippen LogP contribution is 2.25. The fourth-order valence-electron chi connectivity index (χ4n) is 3.07. The number of benzene rings is 2. The van der Waals surface area contributed by atoms with E-state index in [2.05, 4.69) is 0 Å². The lowest BCUT2D eigenvalue weighted by Gasteiger charge is -2.12. The Hall–Kier alpha value is -2.60. The lowest BCUT2D eigenvalue weighted by molar-refractivity contribution is -0.125. The third kappa shape index (κ3) is 4.81. The Kier molecular flexibility index (Phi) is 6.52. The molecule has 0 unspecified atom stereocenters. The molecule has 0 atom stereocenters. The molecule has 1 aliphatic carbocycles. The zero-order valence-corrected chi connectivity index (χ0v) is 16.9. The largest absolute Gasteiger partial charge is 0.454 e. The van der Waals surface area contributed by atoms with Crippen LogP contribution in [0.15, 0.2) is 47.4 Å². The SMILES string of the molecule is CN(C)C(=O)CSc1ccccc1C(=O)OCC(=O)c1ccc2c(c1)CCC2. The smallest absolute Gasteiger partial charge is 0.339 e. The van der Waals surface area contributed by atoms with Crippen molar-refractivity contribution < 1.29 is 19.1 Å². The summed E-state index contributed by atoms with van der Waals surface area (Å²) >= 11 is 1.28. The van der Waals surface area contributed by atoms with Crippen LogP contribution in [-0.2, 0) is 22.4 Å².